The summed E-state index contributed by atoms with van der Waals surface area (Å²) in [6.45, 7) is 0. The monoisotopic (exact) mass is 274 g/mol. The molecule has 1 aliphatic carbocycles. The maximum absolute atomic E-state index is 4.67. The Morgan fingerprint density at radius 2 is 2.21 bits per heavy atom. The van der Waals surface area contributed by atoms with Crippen molar-refractivity contribution in [1.29, 1.82) is 0 Å². The van der Waals surface area contributed by atoms with E-state index in [0.717, 1.165) is 22.4 Å². The Morgan fingerprint density at radius 1 is 1.26 bits per heavy atom. The summed E-state index contributed by atoms with van der Waals surface area (Å²) in [5.41, 5.74) is 0. The zero-order valence-corrected chi connectivity index (χ0v) is 11.6. The normalized spacial score (nSPS) is 30.4. The van der Waals surface area contributed by atoms with Crippen LogP contribution in [0.15, 0.2) is 17.5 Å². The topological polar surface area (TPSA) is 53.6 Å². The van der Waals surface area contributed by atoms with E-state index < -0.39 is 0 Å². The van der Waals surface area contributed by atoms with E-state index in [1.54, 1.807) is 11.3 Å². The summed E-state index contributed by atoms with van der Waals surface area (Å²) >= 11 is 1.69. The van der Waals surface area contributed by atoms with Gasteiger partial charge < -0.3 is 5.32 Å². The number of nitrogens with zero attached hydrogens (tertiary/aromatic N) is 2. The van der Waals surface area contributed by atoms with Gasteiger partial charge in [-0.1, -0.05) is 18.9 Å². The van der Waals surface area contributed by atoms with E-state index in [2.05, 4.69) is 31.9 Å². The largest absolute Gasteiger partial charge is 0.304 e. The van der Waals surface area contributed by atoms with Crippen molar-refractivity contribution < 1.29 is 0 Å². The summed E-state index contributed by atoms with van der Waals surface area (Å²) < 4.78 is 0. The molecule has 2 aromatic rings. The average Bonchev–Trinajstić information content (AvgIpc) is 3.17. The van der Waals surface area contributed by atoms with Crippen molar-refractivity contribution in [2.45, 2.75) is 44.2 Å². The van der Waals surface area contributed by atoms with Crippen LogP contribution in [0, 0.1) is 5.92 Å². The number of fused-ring (bicyclic) bond motifs is 1. The smallest absolute Gasteiger partial charge is 0.191 e. The Bertz CT molecular complexity index is 534. The van der Waals surface area contributed by atoms with Crippen molar-refractivity contribution in [3.8, 4) is 10.7 Å². The molecule has 2 fully saturated rings. The number of aromatic nitrogens is 3. The molecule has 0 bridgehead atoms. The Hall–Kier alpha value is -1.20. The third-order valence-electron chi connectivity index (χ3n) is 4.44. The van der Waals surface area contributed by atoms with Crippen molar-refractivity contribution in [2.24, 2.45) is 5.92 Å². The number of thiophene rings is 1. The first-order chi connectivity index (χ1) is 9.40. The van der Waals surface area contributed by atoms with Crippen LogP contribution in [0.25, 0.3) is 10.7 Å². The lowest BCUT2D eigenvalue weighted by molar-refractivity contribution is 0.325. The molecule has 2 N–H and O–H groups in total. The van der Waals surface area contributed by atoms with E-state index in [1.165, 1.54) is 32.1 Å². The Kier molecular flexibility index (Phi) is 2.89. The van der Waals surface area contributed by atoms with E-state index in [-0.39, 0.29) is 0 Å². The second-order valence-electron chi connectivity index (χ2n) is 5.63. The molecule has 100 valence electrons. The van der Waals surface area contributed by atoms with Gasteiger partial charge in [0.1, 0.15) is 5.82 Å². The van der Waals surface area contributed by atoms with E-state index in [0.29, 0.717) is 12.1 Å². The first-order valence-electron chi connectivity index (χ1n) is 7.12. The third-order valence-corrected chi connectivity index (χ3v) is 5.30. The van der Waals surface area contributed by atoms with E-state index in [9.17, 15) is 0 Å². The Labute approximate surface area is 116 Å². The summed E-state index contributed by atoms with van der Waals surface area (Å²) in [4.78, 5) is 5.81. The molecule has 2 aromatic heterocycles. The maximum atomic E-state index is 4.67. The zero-order valence-electron chi connectivity index (χ0n) is 10.8. The maximum Gasteiger partial charge on any atom is 0.191 e. The molecule has 3 atom stereocenters. The van der Waals surface area contributed by atoms with Gasteiger partial charge in [-0.3, -0.25) is 5.10 Å². The molecule has 1 aliphatic heterocycles. The highest BCUT2D eigenvalue weighted by molar-refractivity contribution is 7.13. The summed E-state index contributed by atoms with van der Waals surface area (Å²) in [7, 11) is 0. The number of hydrogen-bond acceptors (Lipinski definition) is 4. The molecule has 5 heteroatoms. The molecule has 3 unspecified atom stereocenters. The minimum Gasteiger partial charge on any atom is -0.304 e. The van der Waals surface area contributed by atoms with Crippen LogP contribution >= 0.6 is 11.3 Å². The SMILES string of the molecule is c1csc(-c2n[nH]c(C3CC4CCCCC4N3)n2)c1. The van der Waals surface area contributed by atoms with Crippen LogP contribution in [-0.2, 0) is 0 Å². The molecule has 0 aromatic carbocycles. The van der Waals surface area contributed by atoms with E-state index in [1.807, 2.05) is 6.07 Å². The molecular formula is C14H18N4S. The van der Waals surface area contributed by atoms with Crippen molar-refractivity contribution in [2.75, 3.05) is 0 Å². The molecule has 1 saturated heterocycles. The first-order valence-corrected chi connectivity index (χ1v) is 8.00. The second-order valence-corrected chi connectivity index (χ2v) is 6.58. The summed E-state index contributed by atoms with van der Waals surface area (Å²) in [6, 6.07) is 5.18. The lowest BCUT2D eigenvalue weighted by Crippen LogP contribution is -2.30. The first kappa shape index (κ1) is 11.6. The average molecular weight is 274 g/mol. The number of nitrogens with one attached hydrogen (secondary N) is 2. The molecule has 4 rings (SSSR count). The molecular weight excluding hydrogens is 256 g/mol. The van der Waals surface area contributed by atoms with Crippen LogP contribution in [0.3, 0.4) is 0 Å². The molecule has 0 spiro atoms. The quantitative estimate of drug-likeness (QED) is 0.884. The van der Waals surface area contributed by atoms with Gasteiger partial charge in [0.2, 0.25) is 0 Å². The minimum atomic E-state index is 0.370. The highest BCUT2D eigenvalue weighted by Gasteiger charge is 2.37. The van der Waals surface area contributed by atoms with Gasteiger partial charge in [-0.25, -0.2) is 4.98 Å². The fourth-order valence-electron chi connectivity index (χ4n) is 3.48. The number of hydrogen-bond donors (Lipinski definition) is 2. The zero-order chi connectivity index (χ0) is 12.7. The van der Waals surface area contributed by atoms with E-state index >= 15 is 0 Å². The summed E-state index contributed by atoms with van der Waals surface area (Å²) in [5, 5.41) is 13.3. The van der Waals surface area contributed by atoms with Gasteiger partial charge in [-0.05, 0) is 36.6 Å². The lowest BCUT2D eigenvalue weighted by Gasteiger charge is -2.24. The summed E-state index contributed by atoms with van der Waals surface area (Å²) in [6.07, 6.45) is 6.68. The lowest BCUT2D eigenvalue weighted by atomic mass is 9.85. The van der Waals surface area contributed by atoms with Crippen LogP contribution in [-0.4, -0.2) is 21.2 Å². The van der Waals surface area contributed by atoms with Gasteiger partial charge >= 0.3 is 0 Å². The fourth-order valence-corrected chi connectivity index (χ4v) is 4.13. The Balaban J connectivity index is 1.54. The molecule has 0 radical (unpaired) electrons. The third kappa shape index (κ3) is 2.11. The minimum absolute atomic E-state index is 0.370. The second kappa shape index (κ2) is 4.72. The molecule has 3 heterocycles. The highest BCUT2D eigenvalue weighted by atomic mass is 32.1. The number of rotatable bonds is 2. The van der Waals surface area contributed by atoms with Crippen molar-refractivity contribution in [1.82, 2.24) is 20.5 Å². The van der Waals surface area contributed by atoms with Crippen LogP contribution in [0.5, 0.6) is 0 Å². The summed E-state index contributed by atoms with van der Waals surface area (Å²) in [5.74, 6) is 2.69. The predicted octanol–water partition coefficient (Wildman–Crippen LogP) is 3.13. The molecule has 0 amide bonds. The number of H-pyrrole nitrogens is 1. The van der Waals surface area contributed by atoms with Crippen molar-refractivity contribution in [3.63, 3.8) is 0 Å². The van der Waals surface area contributed by atoms with Gasteiger partial charge in [0.25, 0.3) is 0 Å². The Morgan fingerprint density at radius 3 is 3.05 bits per heavy atom. The predicted molar refractivity (Wildman–Crippen MR) is 75.9 cm³/mol. The van der Waals surface area contributed by atoms with Crippen LogP contribution in [0.4, 0.5) is 0 Å². The van der Waals surface area contributed by atoms with Crippen LogP contribution < -0.4 is 5.32 Å². The highest BCUT2D eigenvalue weighted by Crippen LogP contribution is 2.38. The van der Waals surface area contributed by atoms with Crippen molar-refractivity contribution in [3.05, 3.63) is 23.3 Å². The van der Waals surface area contributed by atoms with Gasteiger partial charge in [-0.2, -0.15) is 5.10 Å². The standard InChI is InChI=1S/C14H18N4S/c1-2-5-10-9(4-1)8-11(15-10)13-16-14(18-17-13)12-6-3-7-19-12/h3,6-7,9-11,15H,1-2,4-5,8H2,(H,16,17,18). The van der Waals surface area contributed by atoms with Crippen LogP contribution in [0.1, 0.15) is 44.0 Å². The van der Waals surface area contributed by atoms with Gasteiger partial charge in [0.05, 0.1) is 10.9 Å². The molecule has 2 aliphatic rings. The van der Waals surface area contributed by atoms with Crippen LogP contribution in [0.2, 0.25) is 0 Å². The molecule has 4 nitrogen and oxygen atoms in total. The van der Waals surface area contributed by atoms with E-state index in [4.69, 9.17) is 0 Å². The van der Waals surface area contributed by atoms with Gasteiger partial charge in [0, 0.05) is 6.04 Å². The molecule has 1 saturated carbocycles. The van der Waals surface area contributed by atoms with Gasteiger partial charge in [-0.15, -0.1) is 11.3 Å². The number of aromatic amines is 1. The van der Waals surface area contributed by atoms with Gasteiger partial charge in [0.15, 0.2) is 5.82 Å². The molecule has 19 heavy (non-hydrogen) atoms. The van der Waals surface area contributed by atoms with Crippen molar-refractivity contribution >= 4 is 11.3 Å². The fraction of sp³-hybridized carbons (Fsp3) is 0.571.